The summed E-state index contributed by atoms with van der Waals surface area (Å²) >= 11 is 0.804. The Labute approximate surface area is 59.5 Å². The fraction of sp³-hybridized carbons (Fsp3) is 1.00. The van der Waals surface area contributed by atoms with Crippen LogP contribution in [0, 0.1) is 0 Å². The summed E-state index contributed by atoms with van der Waals surface area (Å²) in [5.41, 5.74) is 0. The van der Waals surface area contributed by atoms with E-state index in [0.717, 1.165) is 37.7 Å². The molecule has 9 heavy (non-hydrogen) atoms. The Morgan fingerprint density at radius 1 is 1.22 bits per heavy atom. The molecule has 0 aromatic rings. The molecule has 1 saturated carbocycles. The molecule has 2 atom stereocenters. The van der Waals surface area contributed by atoms with E-state index >= 15 is 0 Å². The van der Waals surface area contributed by atoms with Gasteiger partial charge in [-0.15, -0.1) is 0 Å². The average molecular weight is 148 g/mol. The van der Waals surface area contributed by atoms with Crippen LogP contribution in [0.15, 0.2) is 0 Å². The Hall–Kier alpha value is 0.270. The van der Waals surface area contributed by atoms with Crippen molar-refractivity contribution in [3.05, 3.63) is 0 Å². The van der Waals surface area contributed by atoms with Crippen LogP contribution in [-0.4, -0.2) is 21.0 Å². The summed E-state index contributed by atoms with van der Waals surface area (Å²) in [5.74, 6) is 0. The van der Waals surface area contributed by atoms with E-state index < -0.39 is 0 Å². The maximum atomic E-state index is 9.19. The fourth-order valence-electron chi connectivity index (χ4n) is 1.20. The van der Waals surface area contributed by atoms with Crippen molar-refractivity contribution in [1.82, 2.24) is 0 Å². The van der Waals surface area contributed by atoms with E-state index in [1.165, 1.54) is 0 Å². The van der Waals surface area contributed by atoms with Crippen molar-refractivity contribution in [2.75, 3.05) is 0 Å². The first-order valence-electron chi connectivity index (χ1n) is 3.33. The zero-order valence-corrected chi connectivity index (χ0v) is 6.10. The lowest BCUT2D eigenvalue weighted by molar-refractivity contribution is 0.135. The predicted molar refractivity (Wildman–Crippen MR) is 38.5 cm³/mol. The van der Waals surface area contributed by atoms with Gasteiger partial charge in [-0.05, 0) is 24.9 Å². The molecule has 1 aliphatic rings. The average Bonchev–Trinajstić information content (AvgIpc) is 1.89. The molecule has 3 heteroatoms. The summed E-state index contributed by atoms with van der Waals surface area (Å²) in [4.78, 5) is 0. The van der Waals surface area contributed by atoms with Crippen molar-refractivity contribution in [2.24, 2.45) is 0 Å². The smallest absolute Gasteiger partial charge is 0.0681 e. The molecular formula is C6H12O2S. The highest BCUT2D eigenvalue weighted by Crippen LogP contribution is 2.26. The van der Waals surface area contributed by atoms with Crippen LogP contribution in [0.3, 0.4) is 0 Å². The van der Waals surface area contributed by atoms with Gasteiger partial charge in [-0.25, -0.2) is 0 Å². The molecule has 0 radical (unpaired) electrons. The molecule has 54 valence electrons. The van der Waals surface area contributed by atoms with E-state index in [2.05, 4.69) is 0 Å². The van der Waals surface area contributed by atoms with Gasteiger partial charge in [-0.3, -0.25) is 0 Å². The van der Waals surface area contributed by atoms with Gasteiger partial charge in [0, 0.05) is 0 Å². The van der Waals surface area contributed by atoms with Gasteiger partial charge in [0.05, 0.1) is 11.4 Å². The van der Waals surface area contributed by atoms with Crippen molar-refractivity contribution in [2.45, 2.75) is 37.0 Å². The van der Waals surface area contributed by atoms with Gasteiger partial charge in [-0.1, -0.05) is 12.8 Å². The number of aliphatic hydroxyl groups excluding tert-OH is 1. The first-order valence-corrected chi connectivity index (χ1v) is 4.16. The van der Waals surface area contributed by atoms with Crippen LogP contribution in [0.5, 0.6) is 0 Å². The van der Waals surface area contributed by atoms with Gasteiger partial charge in [0.2, 0.25) is 0 Å². The van der Waals surface area contributed by atoms with Crippen LogP contribution in [0.2, 0.25) is 0 Å². The van der Waals surface area contributed by atoms with Crippen molar-refractivity contribution in [1.29, 1.82) is 0 Å². The molecule has 1 unspecified atom stereocenters. The van der Waals surface area contributed by atoms with E-state index in [1.54, 1.807) is 0 Å². The molecule has 0 aromatic carbocycles. The van der Waals surface area contributed by atoms with Gasteiger partial charge >= 0.3 is 0 Å². The normalized spacial score (nSPS) is 36.7. The molecule has 1 aliphatic carbocycles. The molecule has 2 N–H and O–H groups in total. The SMILES string of the molecule is OSC1CCCC[C@H]1O. The van der Waals surface area contributed by atoms with Crippen molar-refractivity contribution in [3.63, 3.8) is 0 Å². The fourth-order valence-corrected chi connectivity index (χ4v) is 1.75. The lowest BCUT2D eigenvalue weighted by Crippen LogP contribution is -2.26. The third kappa shape index (κ3) is 1.85. The molecule has 1 rings (SSSR count). The van der Waals surface area contributed by atoms with E-state index in [-0.39, 0.29) is 11.4 Å². The van der Waals surface area contributed by atoms with Crippen molar-refractivity contribution in [3.8, 4) is 0 Å². The first kappa shape index (κ1) is 7.38. The zero-order valence-electron chi connectivity index (χ0n) is 5.29. The second-order valence-electron chi connectivity index (χ2n) is 2.50. The monoisotopic (exact) mass is 148 g/mol. The second kappa shape index (κ2) is 3.44. The minimum Gasteiger partial charge on any atom is -0.392 e. The number of rotatable bonds is 1. The summed E-state index contributed by atoms with van der Waals surface area (Å²) in [6, 6.07) is 0. The molecule has 0 spiro atoms. The summed E-state index contributed by atoms with van der Waals surface area (Å²) in [7, 11) is 0. The topological polar surface area (TPSA) is 40.5 Å². The van der Waals surface area contributed by atoms with E-state index in [0.29, 0.717) is 0 Å². The Morgan fingerprint density at radius 2 is 1.89 bits per heavy atom. The predicted octanol–water partition coefficient (Wildman–Crippen LogP) is 1.50. The van der Waals surface area contributed by atoms with Gasteiger partial charge in [0.1, 0.15) is 0 Å². The highest BCUT2D eigenvalue weighted by Gasteiger charge is 2.22. The van der Waals surface area contributed by atoms with Crippen LogP contribution >= 0.6 is 12.0 Å². The highest BCUT2D eigenvalue weighted by molar-refractivity contribution is 7.94. The Kier molecular flexibility index (Phi) is 2.82. The van der Waals surface area contributed by atoms with Gasteiger partial charge < -0.3 is 9.66 Å². The molecular weight excluding hydrogens is 136 g/mol. The number of aliphatic hydroxyl groups is 1. The van der Waals surface area contributed by atoms with Crippen molar-refractivity contribution >= 4 is 12.0 Å². The lowest BCUT2D eigenvalue weighted by atomic mass is 9.97. The summed E-state index contributed by atoms with van der Waals surface area (Å²) < 4.78 is 8.62. The van der Waals surface area contributed by atoms with Gasteiger partial charge in [-0.2, -0.15) is 0 Å². The maximum Gasteiger partial charge on any atom is 0.0681 e. The second-order valence-corrected chi connectivity index (χ2v) is 3.31. The van der Waals surface area contributed by atoms with E-state index in [9.17, 15) is 5.11 Å². The van der Waals surface area contributed by atoms with Gasteiger partial charge in [0.25, 0.3) is 0 Å². The van der Waals surface area contributed by atoms with Crippen LogP contribution in [0.25, 0.3) is 0 Å². The van der Waals surface area contributed by atoms with Crippen LogP contribution in [-0.2, 0) is 0 Å². The third-order valence-electron chi connectivity index (χ3n) is 1.80. The van der Waals surface area contributed by atoms with Crippen LogP contribution < -0.4 is 0 Å². The molecule has 1 fully saturated rings. The Morgan fingerprint density at radius 3 is 2.33 bits per heavy atom. The summed E-state index contributed by atoms with van der Waals surface area (Å²) in [6.07, 6.45) is 3.81. The molecule has 0 aromatic heterocycles. The van der Waals surface area contributed by atoms with E-state index in [4.69, 9.17) is 4.55 Å². The third-order valence-corrected chi connectivity index (χ3v) is 2.62. The minimum atomic E-state index is -0.270. The quantitative estimate of drug-likeness (QED) is 0.553. The number of hydrogen-bond acceptors (Lipinski definition) is 3. The Bertz CT molecular complexity index is 87.1. The minimum absolute atomic E-state index is 0.0822. The van der Waals surface area contributed by atoms with Crippen molar-refractivity contribution < 1.29 is 9.66 Å². The maximum absolute atomic E-state index is 9.19. The van der Waals surface area contributed by atoms with Crippen LogP contribution in [0.1, 0.15) is 25.7 Å². The Balaban J connectivity index is 2.30. The summed E-state index contributed by atoms with van der Waals surface area (Å²) in [6.45, 7) is 0. The lowest BCUT2D eigenvalue weighted by Gasteiger charge is -2.24. The number of hydrogen-bond donors (Lipinski definition) is 2. The largest absolute Gasteiger partial charge is 0.392 e. The van der Waals surface area contributed by atoms with Gasteiger partial charge in [0.15, 0.2) is 0 Å². The molecule has 0 saturated heterocycles. The van der Waals surface area contributed by atoms with E-state index in [1.807, 2.05) is 0 Å². The molecule has 2 nitrogen and oxygen atoms in total. The molecule has 0 heterocycles. The summed E-state index contributed by atoms with van der Waals surface area (Å²) in [5, 5.41) is 9.27. The highest BCUT2D eigenvalue weighted by atomic mass is 32.2. The molecule has 0 bridgehead atoms. The molecule has 0 aliphatic heterocycles. The first-order chi connectivity index (χ1) is 4.34. The zero-order chi connectivity index (χ0) is 6.69. The molecule has 0 amide bonds. The van der Waals surface area contributed by atoms with Crippen LogP contribution in [0.4, 0.5) is 0 Å². The standard InChI is InChI=1S/C6H12O2S/c7-5-3-1-2-4-6(5)9-8/h5-8H,1-4H2/t5-,6?/m1/s1.